The maximum Gasteiger partial charge on any atom is 0.123 e. The molecule has 4 aromatic heterocycles. The van der Waals surface area contributed by atoms with Crippen molar-refractivity contribution in [2.75, 3.05) is 0 Å². The van der Waals surface area contributed by atoms with Crippen LogP contribution >= 0.6 is 0 Å². The quantitative estimate of drug-likeness (QED) is 0.189. The number of imidazole rings is 1. The van der Waals surface area contributed by atoms with Gasteiger partial charge in [0.2, 0.25) is 0 Å². The van der Waals surface area contributed by atoms with Crippen molar-refractivity contribution in [3.8, 4) is 17.1 Å². The van der Waals surface area contributed by atoms with Gasteiger partial charge in [-0.3, -0.25) is 8.97 Å². The molecule has 0 aliphatic carbocycles. The minimum atomic E-state index is 1.14. The molecule has 0 radical (unpaired) electrons. The number of hydrogen-bond acceptors (Lipinski definition) is 0. The molecule has 11 rings (SSSR count). The SMILES string of the molecule is c1cc(-n2c3ccccc3c3ccccc32)cc(-n2c3ccccc3c3cc(-n4c5ccccc5n5c6ccccc6cc45)ccc32)c1. The summed E-state index contributed by atoms with van der Waals surface area (Å²) in [7, 11) is 0. The van der Waals surface area contributed by atoms with E-state index in [1.54, 1.807) is 0 Å². The highest BCUT2D eigenvalue weighted by Gasteiger charge is 2.19. The Balaban J connectivity index is 1.16. The van der Waals surface area contributed by atoms with Gasteiger partial charge in [0, 0.05) is 44.0 Å². The Bertz CT molecular complexity index is 3020. The van der Waals surface area contributed by atoms with Gasteiger partial charge in [-0.1, -0.05) is 91.0 Å². The van der Waals surface area contributed by atoms with E-state index in [9.17, 15) is 0 Å². The van der Waals surface area contributed by atoms with Gasteiger partial charge in [-0.25, -0.2) is 0 Å². The average molecular weight is 613 g/mol. The summed E-state index contributed by atoms with van der Waals surface area (Å²) in [6.45, 7) is 0. The first-order valence-electron chi connectivity index (χ1n) is 16.5. The molecule has 0 fully saturated rings. The van der Waals surface area contributed by atoms with Gasteiger partial charge in [0.1, 0.15) is 5.65 Å². The van der Waals surface area contributed by atoms with E-state index in [4.69, 9.17) is 0 Å². The van der Waals surface area contributed by atoms with Crippen LogP contribution in [0.25, 0.3) is 88.3 Å². The fraction of sp³-hybridized carbons (Fsp3) is 0. The van der Waals surface area contributed by atoms with Gasteiger partial charge >= 0.3 is 0 Å². The van der Waals surface area contributed by atoms with Crippen LogP contribution in [0.3, 0.4) is 0 Å². The second kappa shape index (κ2) is 9.50. The molecule has 4 nitrogen and oxygen atoms in total. The molecule has 48 heavy (non-hydrogen) atoms. The molecule has 0 aliphatic heterocycles. The minimum Gasteiger partial charge on any atom is -0.309 e. The zero-order valence-electron chi connectivity index (χ0n) is 26.0. The van der Waals surface area contributed by atoms with Crippen LogP contribution in [0.5, 0.6) is 0 Å². The maximum atomic E-state index is 2.42. The molecular formula is C44H28N4. The van der Waals surface area contributed by atoms with Gasteiger partial charge < -0.3 is 9.13 Å². The molecule has 0 aliphatic rings. The fourth-order valence-electron chi connectivity index (χ4n) is 8.15. The van der Waals surface area contributed by atoms with E-state index in [1.165, 1.54) is 71.2 Å². The van der Waals surface area contributed by atoms with Crippen molar-refractivity contribution in [2.45, 2.75) is 0 Å². The lowest BCUT2D eigenvalue weighted by molar-refractivity contribution is 1.13. The second-order valence-electron chi connectivity index (χ2n) is 12.7. The number of hydrogen-bond donors (Lipinski definition) is 0. The zero-order chi connectivity index (χ0) is 31.3. The molecule has 0 saturated heterocycles. The predicted octanol–water partition coefficient (Wildman–Crippen LogP) is 11.2. The Labute approximate surface area is 275 Å². The van der Waals surface area contributed by atoms with Crippen molar-refractivity contribution in [1.82, 2.24) is 18.1 Å². The highest BCUT2D eigenvalue weighted by atomic mass is 15.1. The van der Waals surface area contributed by atoms with Gasteiger partial charge in [-0.2, -0.15) is 0 Å². The summed E-state index contributed by atoms with van der Waals surface area (Å²) < 4.78 is 9.60. The van der Waals surface area contributed by atoms with E-state index in [1.807, 2.05) is 0 Å². The van der Waals surface area contributed by atoms with E-state index < -0.39 is 0 Å². The Morgan fingerprint density at radius 1 is 0.271 bits per heavy atom. The number of nitrogens with zero attached hydrogens (tertiary/aromatic N) is 4. The molecule has 4 heteroatoms. The molecule has 4 heterocycles. The fourth-order valence-corrected chi connectivity index (χ4v) is 8.15. The Morgan fingerprint density at radius 2 is 0.750 bits per heavy atom. The Morgan fingerprint density at radius 3 is 1.40 bits per heavy atom. The molecule has 224 valence electrons. The first-order chi connectivity index (χ1) is 23.8. The summed E-state index contributed by atoms with van der Waals surface area (Å²) in [5, 5.41) is 6.26. The molecule has 0 amide bonds. The number of aromatic nitrogens is 4. The summed E-state index contributed by atoms with van der Waals surface area (Å²) in [5.74, 6) is 0. The third-order valence-corrected chi connectivity index (χ3v) is 10.1. The lowest BCUT2D eigenvalue weighted by Crippen LogP contribution is -1.99. The van der Waals surface area contributed by atoms with Gasteiger partial charge in [-0.15, -0.1) is 0 Å². The van der Waals surface area contributed by atoms with E-state index in [-0.39, 0.29) is 0 Å². The second-order valence-corrected chi connectivity index (χ2v) is 12.7. The van der Waals surface area contributed by atoms with Crippen LogP contribution in [0, 0.1) is 0 Å². The third kappa shape index (κ3) is 3.38. The molecule has 7 aromatic carbocycles. The lowest BCUT2D eigenvalue weighted by Gasteiger charge is -2.13. The van der Waals surface area contributed by atoms with Crippen molar-refractivity contribution in [1.29, 1.82) is 0 Å². The molecule has 0 N–H and O–H groups in total. The highest BCUT2D eigenvalue weighted by molar-refractivity contribution is 6.11. The first kappa shape index (κ1) is 25.6. The average Bonchev–Trinajstić information content (AvgIpc) is 3.87. The number of rotatable bonds is 3. The van der Waals surface area contributed by atoms with Gasteiger partial charge in [0.15, 0.2) is 0 Å². The largest absolute Gasteiger partial charge is 0.309 e. The van der Waals surface area contributed by atoms with Crippen molar-refractivity contribution in [2.24, 2.45) is 0 Å². The zero-order valence-corrected chi connectivity index (χ0v) is 26.0. The molecule has 0 bridgehead atoms. The van der Waals surface area contributed by atoms with Gasteiger partial charge in [-0.05, 0) is 78.9 Å². The smallest absolute Gasteiger partial charge is 0.123 e. The van der Waals surface area contributed by atoms with Crippen LogP contribution in [0.1, 0.15) is 0 Å². The predicted molar refractivity (Wildman–Crippen MR) is 200 cm³/mol. The first-order valence-corrected chi connectivity index (χ1v) is 16.5. The highest BCUT2D eigenvalue weighted by Crippen LogP contribution is 2.38. The molecule has 0 atom stereocenters. The summed E-state index contributed by atoms with van der Waals surface area (Å²) in [4.78, 5) is 0. The van der Waals surface area contributed by atoms with E-state index in [0.717, 1.165) is 17.1 Å². The number of fused-ring (bicyclic) bond motifs is 11. The monoisotopic (exact) mass is 612 g/mol. The molecule has 0 unspecified atom stereocenters. The Hall–Kier alpha value is -6.52. The summed E-state index contributed by atoms with van der Waals surface area (Å²) in [6, 6.07) is 61.8. The van der Waals surface area contributed by atoms with Crippen LogP contribution in [-0.4, -0.2) is 18.1 Å². The van der Waals surface area contributed by atoms with E-state index in [2.05, 4.69) is 188 Å². The molecular weight excluding hydrogens is 585 g/mol. The van der Waals surface area contributed by atoms with Gasteiger partial charge in [0.05, 0.1) is 38.6 Å². The lowest BCUT2D eigenvalue weighted by atomic mass is 10.1. The van der Waals surface area contributed by atoms with Crippen molar-refractivity contribution < 1.29 is 0 Å². The van der Waals surface area contributed by atoms with Crippen molar-refractivity contribution in [3.63, 3.8) is 0 Å². The van der Waals surface area contributed by atoms with Crippen molar-refractivity contribution in [3.05, 3.63) is 170 Å². The van der Waals surface area contributed by atoms with E-state index >= 15 is 0 Å². The van der Waals surface area contributed by atoms with E-state index in [0.29, 0.717) is 0 Å². The maximum absolute atomic E-state index is 2.42. The minimum absolute atomic E-state index is 1.14. The number of benzene rings is 7. The summed E-state index contributed by atoms with van der Waals surface area (Å²) in [6.07, 6.45) is 0. The standard InChI is InChI=1S/C44H28N4/c1-5-18-37-29(12-1)26-44-47(42-22-9-10-23-43(42)48(37)44)32-24-25-41-36(28-32)35-17-4-8-21-40(35)46(41)31-14-11-13-30(27-31)45-38-19-6-2-15-33(38)34-16-3-7-20-39(34)45/h1-28H. The normalized spacial score (nSPS) is 12.2. The Kier molecular flexibility index (Phi) is 5.08. The third-order valence-electron chi connectivity index (χ3n) is 10.1. The molecule has 0 saturated carbocycles. The molecule has 0 spiro atoms. The molecule has 11 aromatic rings. The van der Waals surface area contributed by atoms with Crippen LogP contribution < -0.4 is 0 Å². The van der Waals surface area contributed by atoms with Crippen molar-refractivity contribution >= 4 is 71.2 Å². The number of para-hydroxylation sites is 6. The van der Waals surface area contributed by atoms with Crippen LogP contribution in [0.15, 0.2) is 170 Å². The topological polar surface area (TPSA) is 19.2 Å². The summed E-state index contributed by atoms with van der Waals surface area (Å²) in [5.41, 5.74) is 13.0. The summed E-state index contributed by atoms with van der Waals surface area (Å²) >= 11 is 0. The van der Waals surface area contributed by atoms with Gasteiger partial charge in [0.25, 0.3) is 0 Å². The van der Waals surface area contributed by atoms with Crippen LogP contribution in [-0.2, 0) is 0 Å². The van der Waals surface area contributed by atoms with Crippen LogP contribution in [0.4, 0.5) is 0 Å². The van der Waals surface area contributed by atoms with Crippen LogP contribution in [0.2, 0.25) is 0 Å².